The third kappa shape index (κ3) is 3.99. The molecule has 0 unspecified atom stereocenters. The summed E-state index contributed by atoms with van der Waals surface area (Å²) in [7, 11) is 0. The van der Waals surface area contributed by atoms with Crippen molar-refractivity contribution >= 4 is 23.5 Å². The molecule has 0 aliphatic carbocycles. The summed E-state index contributed by atoms with van der Waals surface area (Å²) in [6, 6.07) is 4.14. The lowest BCUT2D eigenvalue weighted by atomic mass is 9.89. The van der Waals surface area contributed by atoms with Crippen LogP contribution < -0.4 is 5.32 Å². The van der Waals surface area contributed by atoms with Crippen LogP contribution in [-0.4, -0.2) is 28.7 Å². The molecule has 134 valence electrons. The Morgan fingerprint density at radius 1 is 1.40 bits per heavy atom. The minimum absolute atomic E-state index is 0.00981. The van der Waals surface area contributed by atoms with Crippen molar-refractivity contribution < 1.29 is 23.6 Å². The number of carbonyl (C=O) groups is 2. The highest BCUT2D eigenvalue weighted by Crippen LogP contribution is 2.33. The normalized spacial score (nSPS) is 11.4. The summed E-state index contributed by atoms with van der Waals surface area (Å²) < 4.78 is 19.2. The van der Waals surface area contributed by atoms with E-state index in [0.29, 0.717) is 0 Å². The van der Waals surface area contributed by atoms with Crippen molar-refractivity contribution in [3.05, 3.63) is 40.4 Å². The number of amides is 1. The van der Waals surface area contributed by atoms with Crippen LogP contribution in [0, 0.1) is 18.2 Å². The molecule has 0 spiro atoms. The third-order valence-corrected chi connectivity index (χ3v) is 4.22. The first-order valence-electron chi connectivity index (χ1n) is 7.57. The summed E-state index contributed by atoms with van der Waals surface area (Å²) in [5.74, 6) is -1.90. The van der Waals surface area contributed by atoms with Crippen molar-refractivity contribution in [2.24, 2.45) is 5.41 Å². The Morgan fingerprint density at radius 2 is 2.08 bits per heavy atom. The van der Waals surface area contributed by atoms with Crippen LogP contribution in [0.25, 0.3) is 11.3 Å². The molecule has 0 atom stereocenters. The van der Waals surface area contributed by atoms with Crippen molar-refractivity contribution in [2.45, 2.75) is 27.2 Å². The van der Waals surface area contributed by atoms with Gasteiger partial charge in [0.2, 0.25) is 0 Å². The molecule has 0 saturated heterocycles. The lowest BCUT2D eigenvalue weighted by Crippen LogP contribution is -2.32. The number of carboxylic acid groups (broad SMARTS) is 1. The topological polar surface area (TPSA) is 92.4 Å². The Bertz CT molecular complexity index is 797. The zero-order valence-electron chi connectivity index (χ0n) is 14.0. The first kappa shape index (κ1) is 18.9. The van der Waals surface area contributed by atoms with Gasteiger partial charge >= 0.3 is 5.97 Å². The zero-order valence-corrected chi connectivity index (χ0v) is 14.8. The second-order valence-corrected chi connectivity index (χ2v) is 6.66. The number of carbonyl (C=O) groups excluding carboxylic acids is 1. The molecule has 2 rings (SSSR count). The molecule has 0 saturated carbocycles. The van der Waals surface area contributed by atoms with Gasteiger partial charge in [0.1, 0.15) is 22.8 Å². The molecule has 0 bridgehead atoms. The molecule has 0 aliphatic heterocycles. The molecule has 1 heterocycles. The van der Waals surface area contributed by atoms with Gasteiger partial charge in [-0.3, -0.25) is 9.59 Å². The fraction of sp³-hybridized carbons (Fsp3) is 0.353. The minimum Gasteiger partial charge on any atom is -0.481 e. The van der Waals surface area contributed by atoms with Crippen LogP contribution >= 0.6 is 11.6 Å². The monoisotopic (exact) mass is 368 g/mol. The number of nitrogens with zero attached hydrogens (tertiary/aromatic N) is 1. The first-order valence-corrected chi connectivity index (χ1v) is 7.95. The largest absolute Gasteiger partial charge is 0.481 e. The van der Waals surface area contributed by atoms with Gasteiger partial charge in [-0.05, 0) is 39.3 Å². The summed E-state index contributed by atoms with van der Waals surface area (Å²) in [5.41, 5.74) is -0.915. The van der Waals surface area contributed by atoms with Crippen molar-refractivity contribution in [1.82, 2.24) is 10.5 Å². The first-order chi connectivity index (χ1) is 11.6. The van der Waals surface area contributed by atoms with Gasteiger partial charge in [-0.25, -0.2) is 4.39 Å². The Hall–Kier alpha value is -2.41. The van der Waals surface area contributed by atoms with E-state index in [1.807, 2.05) is 0 Å². The number of hydrogen-bond donors (Lipinski definition) is 2. The van der Waals surface area contributed by atoms with E-state index in [9.17, 15) is 14.0 Å². The molecule has 2 aromatic rings. The molecule has 8 heteroatoms. The molecule has 1 amide bonds. The number of aliphatic carboxylic acids is 1. The van der Waals surface area contributed by atoms with Gasteiger partial charge in [-0.15, -0.1) is 0 Å². The molecule has 2 N–H and O–H groups in total. The number of aromatic nitrogens is 1. The van der Waals surface area contributed by atoms with E-state index < -0.39 is 23.1 Å². The zero-order chi connectivity index (χ0) is 18.8. The van der Waals surface area contributed by atoms with E-state index in [2.05, 4.69) is 10.5 Å². The maximum Gasteiger partial charge on any atom is 0.309 e. The number of halogens is 2. The highest BCUT2D eigenvalue weighted by Gasteiger charge is 2.28. The van der Waals surface area contributed by atoms with Crippen LogP contribution in [0.3, 0.4) is 0 Å². The average Bonchev–Trinajstić information content (AvgIpc) is 2.88. The fourth-order valence-electron chi connectivity index (χ4n) is 2.22. The fourth-order valence-corrected chi connectivity index (χ4v) is 2.47. The molecule has 6 nitrogen and oxygen atoms in total. The molecule has 0 radical (unpaired) electrons. The number of aryl methyl sites for hydroxylation is 1. The predicted octanol–water partition coefficient (Wildman–Crippen LogP) is 3.67. The van der Waals surface area contributed by atoms with E-state index in [4.69, 9.17) is 21.2 Å². The quantitative estimate of drug-likeness (QED) is 0.811. The lowest BCUT2D eigenvalue weighted by Gasteiger charge is -2.18. The van der Waals surface area contributed by atoms with Crippen molar-refractivity contribution in [3.63, 3.8) is 0 Å². The van der Waals surface area contributed by atoms with Crippen molar-refractivity contribution in [1.29, 1.82) is 0 Å². The molecule has 1 aromatic heterocycles. The Balaban J connectivity index is 2.25. The highest BCUT2D eigenvalue weighted by atomic mass is 35.5. The van der Waals surface area contributed by atoms with Crippen molar-refractivity contribution in [3.8, 4) is 11.3 Å². The number of rotatable bonds is 6. The van der Waals surface area contributed by atoms with Gasteiger partial charge in [0.25, 0.3) is 5.91 Å². The van der Waals surface area contributed by atoms with Gasteiger partial charge in [-0.1, -0.05) is 22.8 Å². The summed E-state index contributed by atoms with van der Waals surface area (Å²) in [4.78, 5) is 23.6. The molecule has 25 heavy (non-hydrogen) atoms. The van der Waals surface area contributed by atoms with Gasteiger partial charge in [0.15, 0.2) is 0 Å². The van der Waals surface area contributed by atoms with E-state index in [-0.39, 0.29) is 40.6 Å². The van der Waals surface area contributed by atoms with Crippen LogP contribution in [0.15, 0.2) is 22.7 Å². The summed E-state index contributed by atoms with van der Waals surface area (Å²) in [5, 5.41) is 15.6. The summed E-state index contributed by atoms with van der Waals surface area (Å²) in [6.45, 7) is 4.79. The van der Waals surface area contributed by atoms with E-state index >= 15 is 0 Å². The Kier molecular flexibility index (Phi) is 5.47. The number of nitrogens with one attached hydrogen (secondary N) is 1. The van der Waals surface area contributed by atoms with E-state index in [1.165, 1.54) is 25.1 Å². The van der Waals surface area contributed by atoms with Gasteiger partial charge in [0.05, 0.1) is 16.0 Å². The predicted molar refractivity (Wildman–Crippen MR) is 90.0 cm³/mol. The van der Waals surface area contributed by atoms with E-state index in [1.54, 1.807) is 13.8 Å². The van der Waals surface area contributed by atoms with Crippen LogP contribution in [0.5, 0.6) is 0 Å². The Morgan fingerprint density at radius 3 is 2.68 bits per heavy atom. The minimum atomic E-state index is -0.978. The molecule has 0 fully saturated rings. The Labute approximate surface area is 149 Å². The van der Waals surface area contributed by atoms with Crippen LogP contribution in [0.4, 0.5) is 4.39 Å². The van der Waals surface area contributed by atoms with Crippen LogP contribution in [-0.2, 0) is 4.79 Å². The number of hydrogen-bond acceptors (Lipinski definition) is 4. The number of benzene rings is 1. The molecular weight excluding hydrogens is 351 g/mol. The number of carboxylic acids is 1. The second kappa shape index (κ2) is 7.23. The molecular formula is C17H18ClFN2O4. The average molecular weight is 369 g/mol. The van der Waals surface area contributed by atoms with Crippen LogP contribution in [0.2, 0.25) is 5.02 Å². The molecule has 0 aliphatic rings. The van der Waals surface area contributed by atoms with E-state index in [0.717, 1.165) is 0 Å². The maximum absolute atomic E-state index is 14.1. The summed E-state index contributed by atoms with van der Waals surface area (Å²) in [6.07, 6.45) is 0.230. The third-order valence-electron chi connectivity index (χ3n) is 3.90. The van der Waals surface area contributed by atoms with Crippen LogP contribution in [0.1, 0.15) is 36.4 Å². The second-order valence-electron chi connectivity index (χ2n) is 6.25. The molecule has 1 aromatic carbocycles. The maximum atomic E-state index is 14.1. The highest BCUT2D eigenvalue weighted by molar-refractivity contribution is 6.33. The van der Waals surface area contributed by atoms with Gasteiger partial charge in [0, 0.05) is 6.54 Å². The smallest absolute Gasteiger partial charge is 0.309 e. The standard InChI is InChI=1S/C17H18ClFN2O4/c1-9-12(15(22)20-8-7-17(2,3)16(23)24)14(21-25-9)13-10(18)5-4-6-11(13)19/h4-6H,7-8H2,1-3H3,(H,20,22)(H,23,24). The SMILES string of the molecule is Cc1onc(-c2c(F)cccc2Cl)c1C(=O)NCCC(C)(C)C(=O)O. The van der Waals surface area contributed by atoms with Gasteiger partial charge in [-0.2, -0.15) is 0 Å². The van der Waals surface area contributed by atoms with Gasteiger partial charge < -0.3 is 14.9 Å². The lowest BCUT2D eigenvalue weighted by molar-refractivity contribution is -0.147. The van der Waals surface area contributed by atoms with Crippen molar-refractivity contribution in [2.75, 3.05) is 6.54 Å². The summed E-state index contributed by atoms with van der Waals surface area (Å²) >= 11 is 6.03.